The summed E-state index contributed by atoms with van der Waals surface area (Å²) in [5.41, 5.74) is 8.48. The van der Waals surface area contributed by atoms with Gasteiger partial charge in [0.05, 0.1) is 11.4 Å². The van der Waals surface area contributed by atoms with E-state index >= 15 is 0 Å². The molecule has 13 heteroatoms. The van der Waals surface area contributed by atoms with Gasteiger partial charge in [-0.05, 0) is 36.6 Å². The van der Waals surface area contributed by atoms with E-state index in [1.165, 1.54) is 28.0 Å². The zero-order chi connectivity index (χ0) is 28.2. The molecule has 1 aliphatic carbocycles. The van der Waals surface area contributed by atoms with Gasteiger partial charge in [0.2, 0.25) is 23.6 Å². The molecule has 0 radical (unpaired) electrons. The number of hydrogen-bond donors (Lipinski definition) is 3. The van der Waals surface area contributed by atoms with Gasteiger partial charge in [0.25, 0.3) is 0 Å². The van der Waals surface area contributed by atoms with Crippen LogP contribution in [-0.4, -0.2) is 60.1 Å². The van der Waals surface area contributed by atoms with Gasteiger partial charge in [0.1, 0.15) is 25.5 Å². The van der Waals surface area contributed by atoms with Crippen molar-refractivity contribution in [2.75, 3.05) is 23.0 Å². The molecule has 0 aromatic heterocycles. The van der Waals surface area contributed by atoms with Gasteiger partial charge in [-0.1, -0.05) is 47.2 Å². The van der Waals surface area contributed by atoms with Crippen LogP contribution in [0.3, 0.4) is 0 Å². The first-order chi connectivity index (χ1) is 18.6. The fraction of sp³-hybridized carbons (Fsp3) is 0.385. The standard InChI is InChI=1S/C26H28ClF2N7O3/c27-18-6-7-20(36(16-30)33-31)21(13-18)34-14-24(38)35(15-23(34)37)22(12-17-4-2-1-3-5-17)25(39)32-19-8-10-26(28,29)11-9-19/h1-7,13,16,19,22,30-31H,8-12,14-15H2,(H,32,39). The molecule has 206 valence electrons. The van der Waals surface area contributed by atoms with E-state index in [0.717, 1.165) is 16.9 Å². The third kappa shape index (κ3) is 6.56. The van der Waals surface area contributed by atoms with Crippen molar-refractivity contribution in [3.63, 3.8) is 0 Å². The second-order valence-corrected chi connectivity index (χ2v) is 9.99. The highest BCUT2D eigenvalue weighted by atomic mass is 35.5. The quantitative estimate of drug-likeness (QED) is 0.184. The Bertz CT molecular complexity index is 1250. The summed E-state index contributed by atoms with van der Waals surface area (Å²) in [6.07, 6.45) is 0.520. The number of rotatable bonds is 9. The Balaban J connectivity index is 1.58. The number of anilines is 2. The molecule has 1 unspecified atom stereocenters. The number of benzene rings is 2. The highest BCUT2D eigenvalue weighted by Gasteiger charge is 2.41. The van der Waals surface area contributed by atoms with Crippen molar-refractivity contribution in [1.29, 1.82) is 10.9 Å². The molecule has 2 aromatic carbocycles. The van der Waals surface area contributed by atoms with Crippen LogP contribution in [0.4, 0.5) is 20.2 Å². The number of halogens is 3. The van der Waals surface area contributed by atoms with Crippen LogP contribution in [0.5, 0.6) is 0 Å². The van der Waals surface area contributed by atoms with Gasteiger partial charge < -0.3 is 10.2 Å². The van der Waals surface area contributed by atoms with E-state index in [0.29, 0.717) is 0 Å². The average molecular weight is 560 g/mol. The Morgan fingerprint density at radius 2 is 1.85 bits per heavy atom. The third-order valence-corrected chi connectivity index (χ3v) is 7.17. The molecule has 1 aliphatic heterocycles. The molecule has 3 N–H and O–H groups in total. The fourth-order valence-corrected chi connectivity index (χ4v) is 5.03. The fourth-order valence-electron chi connectivity index (χ4n) is 4.86. The minimum absolute atomic E-state index is 0.125. The van der Waals surface area contributed by atoms with Gasteiger partial charge in [-0.2, -0.15) is 5.53 Å². The lowest BCUT2D eigenvalue weighted by Gasteiger charge is -2.39. The van der Waals surface area contributed by atoms with Crippen LogP contribution in [0.2, 0.25) is 5.02 Å². The monoisotopic (exact) mass is 559 g/mol. The van der Waals surface area contributed by atoms with Crippen molar-refractivity contribution in [3.8, 4) is 0 Å². The highest BCUT2D eigenvalue weighted by molar-refractivity contribution is 6.31. The zero-order valence-corrected chi connectivity index (χ0v) is 21.7. The summed E-state index contributed by atoms with van der Waals surface area (Å²) in [4.78, 5) is 42.7. The van der Waals surface area contributed by atoms with E-state index in [1.54, 1.807) is 24.3 Å². The molecule has 1 saturated heterocycles. The first-order valence-electron chi connectivity index (χ1n) is 12.4. The molecule has 0 bridgehead atoms. The second-order valence-electron chi connectivity index (χ2n) is 9.55. The summed E-state index contributed by atoms with van der Waals surface area (Å²) in [5.74, 6) is -4.26. The number of alkyl halides is 2. The lowest BCUT2D eigenvalue weighted by molar-refractivity contribution is -0.145. The maximum Gasteiger partial charge on any atom is 0.248 e. The Hall–Kier alpha value is -3.93. The van der Waals surface area contributed by atoms with Gasteiger partial charge >= 0.3 is 0 Å². The van der Waals surface area contributed by atoms with Gasteiger partial charge in [-0.3, -0.25) is 24.7 Å². The third-order valence-electron chi connectivity index (χ3n) is 6.94. The maximum absolute atomic E-state index is 13.6. The number of hydrogen-bond acceptors (Lipinski definition) is 6. The number of carbonyl (C=O) groups is 3. The van der Waals surface area contributed by atoms with Crippen molar-refractivity contribution in [1.82, 2.24) is 10.2 Å². The largest absolute Gasteiger partial charge is 0.352 e. The number of nitrogens with one attached hydrogen (secondary N) is 3. The van der Waals surface area contributed by atoms with E-state index in [4.69, 9.17) is 22.5 Å². The summed E-state index contributed by atoms with van der Waals surface area (Å²) in [6, 6.07) is 12.0. The minimum Gasteiger partial charge on any atom is -0.352 e. The Morgan fingerprint density at radius 1 is 1.15 bits per heavy atom. The molecule has 2 fully saturated rings. The molecule has 39 heavy (non-hydrogen) atoms. The van der Waals surface area contributed by atoms with Crippen LogP contribution >= 0.6 is 11.6 Å². The van der Waals surface area contributed by atoms with E-state index in [9.17, 15) is 23.2 Å². The summed E-state index contributed by atoms with van der Waals surface area (Å²) >= 11 is 6.15. The Labute approximate surface area is 228 Å². The molecule has 1 saturated carbocycles. The summed E-state index contributed by atoms with van der Waals surface area (Å²) in [7, 11) is 0. The zero-order valence-electron chi connectivity index (χ0n) is 20.9. The van der Waals surface area contributed by atoms with Gasteiger partial charge in [0, 0.05) is 30.3 Å². The number of nitrogens with zero attached hydrogens (tertiary/aromatic N) is 4. The smallest absolute Gasteiger partial charge is 0.248 e. The van der Waals surface area contributed by atoms with Crippen LogP contribution < -0.4 is 15.2 Å². The molecule has 3 amide bonds. The molecular formula is C26H28ClF2N7O3. The number of piperazine rings is 1. The second kappa shape index (κ2) is 11.9. The summed E-state index contributed by atoms with van der Waals surface area (Å²) in [5, 5.41) is 14.8. The molecular weight excluding hydrogens is 532 g/mol. The Morgan fingerprint density at radius 3 is 2.49 bits per heavy atom. The van der Waals surface area contributed by atoms with Crippen molar-refractivity contribution in [2.45, 2.75) is 50.1 Å². The van der Waals surface area contributed by atoms with E-state index in [1.807, 2.05) is 6.07 Å². The lowest BCUT2D eigenvalue weighted by Crippen LogP contribution is -2.61. The molecule has 1 atom stereocenters. The van der Waals surface area contributed by atoms with Crippen molar-refractivity contribution in [3.05, 3.63) is 59.1 Å². The maximum atomic E-state index is 13.6. The van der Waals surface area contributed by atoms with Gasteiger partial charge in [0.15, 0.2) is 0 Å². The van der Waals surface area contributed by atoms with Gasteiger partial charge in [-0.15, -0.1) is 0 Å². The van der Waals surface area contributed by atoms with E-state index < -0.39 is 48.8 Å². The molecule has 0 spiro atoms. The van der Waals surface area contributed by atoms with Crippen LogP contribution in [0, 0.1) is 10.9 Å². The SMILES string of the molecule is N=CN(N=N)c1ccc(Cl)cc1N1CC(=O)N(C(Cc2ccccc2)C(=O)NC2CCC(F)(F)CC2)CC1=O. The lowest BCUT2D eigenvalue weighted by atomic mass is 9.91. The highest BCUT2D eigenvalue weighted by Crippen LogP contribution is 2.35. The molecule has 2 aliphatic rings. The molecule has 10 nitrogen and oxygen atoms in total. The topological polar surface area (TPSA) is 133 Å². The van der Waals surface area contributed by atoms with Crippen molar-refractivity contribution >= 4 is 47.0 Å². The molecule has 2 aromatic rings. The van der Waals surface area contributed by atoms with Crippen LogP contribution in [-0.2, 0) is 20.8 Å². The predicted octanol–water partition coefficient (Wildman–Crippen LogP) is 4.18. The number of carbonyl (C=O) groups excluding carboxylic acids is 3. The van der Waals surface area contributed by atoms with Crippen LogP contribution in [0.15, 0.2) is 53.8 Å². The van der Waals surface area contributed by atoms with Crippen LogP contribution in [0.25, 0.3) is 0 Å². The minimum atomic E-state index is -2.75. The van der Waals surface area contributed by atoms with E-state index in [2.05, 4.69) is 10.5 Å². The first kappa shape index (κ1) is 28.1. The molecule has 4 rings (SSSR count). The first-order valence-corrected chi connectivity index (χ1v) is 12.8. The molecule has 1 heterocycles. The Kier molecular flexibility index (Phi) is 8.54. The van der Waals surface area contributed by atoms with Gasteiger partial charge in [-0.25, -0.2) is 13.8 Å². The summed E-state index contributed by atoms with van der Waals surface area (Å²) < 4.78 is 27.2. The van der Waals surface area contributed by atoms with Crippen LogP contribution in [0.1, 0.15) is 31.2 Å². The average Bonchev–Trinajstić information content (AvgIpc) is 2.91. The normalized spacial score (nSPS) is 18.4. The van der Waals surface area contributed by atoms with Crippen molar-refractivity contribution in [2.24, 2.45) is 5.22 Å². The summed E-state index contributed by atoms with van der Waals surface area (Å²) in [6.45, 7) is -0.828. The van der Waals surface area contributed by atoms with Crippen molar-refractivity contribution < 1.29 is 23.2 Å². The number of amides is 3. The predicted molar refractivity (Wildman–Crippen MR) is 141 cm³/mol. The van der Waals surface area contributed by atoms with E-state index in [-0.39, 0.29) is 48.5 Å².